The van der Waals surface area contributed by atoms with E-state index in [0.717, 1.165) is 0 Å². The van der Waals surface area contributed by atoms with Gasteiger partial charge >= 0.3 is 0 Å². The van der Waals surface area contributed by atoms with Gasteiger partial charge < -0.3 is 10.2 Å². The highest BCUT2D eigenvalue weighted by molar-refractivity contribution is 5.19. The molecule has 0 fully saturated rings. The van der Waals surface area contributed by atoms with Gasteiger partial charge in [-0.25, -0.2) is 0 Å². The van der Waals surface area contributed by atoms with Crippen molar-refractivity contribution in [2.24, 2.45) is 0 Å². The maximum absolute atomic E-state index is 8.73. The van der Waals surface area contributed by atoms with Crippen LogP contribution in [0, 0.1) is 0 Å². The summed E-state index contributed by atoms with van der Waals surface area (Å²) in [6, 6.07) is 15.3. The molecule has 14 heavy (non-hydrogen) atoms. The fourth-order valence-corrected chi connectivity index (χ4v) is 0.812. The van der Waals surface area contributed by atoms with E-state index in [1.54, 1.807) is 36.4 Å². The van der Waals surface area contributed by atoms with Crippen LogP contribution in [0.1, 0.15) is 1.37 Å². The number of benzene rings is 2. The summed E-state index contributed by atoms with van der Waals surface area (Å²) in [4.78, 5) is 0. The molecule has 72 valence electrons. The van der Waals surface area contributed by atoms with E-state index in [2.05, 4.69) is 0 Å². The van der Waals surface area contributed by atoms with E-state index in [1.807, 2.05) is 6.07 Å². The first-order valence-electron chi connectivity index (χ1n) is 4.69. The molecule has 0 bridgehead atoms. The molecule has 2 rings (SSSR count). The molecule has 0 radical (unpaired) electrons. The number of aromatic hydroxyl groups is 2. The summed E-state index contributed by atoms with van der Waals surface area (Å²) in [6.45, 7) is 0. The van der Waals surface area contributed by atoms with Crippen molar-refractivity contribution in [3.63, 3.8) is 0 Å². The number of para-hydroxylation sites is 2. The van der Waals surface area contributed by atoms with Crippen LogP contribution in [-0.4, -0.2) is 10.2 Å². The highest BCUT2D eigenvalue weighted by atomic mass is 16.3. The van der Waals surface area contributed by atoms with Crippen LogP contribution >= 0.6 is 0 Å². The molecule has 0 unspecified atom stereocenters. The van der Waals surface area contributed by atoms with Crippen molar-refractivity contribution >= 4 is 0 Å². The molecule has 2 heteroatoms. The summed E-state index contributed by atoms with van der Waals surface area (Å²) in [5.74, 6) is 0.356. The number of hydrogen-bond donors (Lipinski definition) is 2. The molecule has 0 saturated carbocycles. The first-order valence-corrected chi connectivity index (χ1v) is 4.19. The van der Waals surface area contributed by atoms with Gasteiger partial charge in [-0.05, 0) is 24.2 Å². The van der Waals surface area contributed by atoms with Crippen molar-refractivity contribution in [3.8, 4) is 11.5 Å². The smallest absolute Gasteiger partial charge is 0.115 e. The second-order valence-electron chi connectivity index (χ2n) is 2.58. The molecule has 0 saturated heterocycles. The Hall–Kier alpha value is -1.96. The average molecular weight is 189 g/mol. The average Bonchev–Trinajstić information content (AvgIpc) is 2.25. The van der Waals surface area contributed by atoms with Crippen molar-refractivity contribution in [2.75, 3.05) is 0 Å². The van der Waals surface area contributed by atoms with E-state index in [0.29, 0.717) is 5.75 Å². The summed E-state index contributed by atoms with van der Waals surface area (Å²) in [6.07, 6.45) is 0. The van der Waals surface area contributed by atoms with E-state index < -0.39 is 0 Å². The van der Waals surface area contributed by atoms with Crippen molar-refractivity contribution in [2.45, 2.75) is 0 Å². The molecular weight excluding hydrogens is 176 g/mol. The predicted octanol–water partition coefficient (Wildman–Crippen LogP) is 2.78. The fourth-order valence-electron chi connectivity index (χ4n) is 0.812. The normalized spacial score (nSPS) is 9.57. The van der Waals surface area contributed by atoms with Gasteiger partial charge in [-0.3, -0.25) is 0 Å². The molecule has 0 aliphatic rings. The van der Waals surface area contributed by atoms with Crippen LogP contribution < -0.4 is 0 Å². The van der Waals surface area contributed by atoms with Crippen LogP contribution in [0.15, 0.2) is 60.6 Å². The molecule has 2 aromatic rings. The lowest BCUT2D eigenvalue weighted by atomic mass is 10.3. The van der Waals surface area contributed by atoms with Crippen LogP contribution in [0.5, 0.6) is 11.5 Å². The van der Waals surface area contributed by atoms with Gasteiger partial charge in [0.25, 0.3) is 0 Å². The first kappa shape index (κ1) is 8.63. The minimum atomic E-state index is 0.0347. The first-order chi connectivity index (χ1) is 7.20. The predicted molar refractivity (Wildman–Crippen MR) is 56.2 cm³/mol. The van der Waals surface area contributed by atoms with Gasteiger partial charge in [0.1, 0.15) is 11.5 Å². The second-order valence-corrected chi connectivity index (χ2v) is 2.58. The van der Waals surface area contributed by atoms with Crippen molar-refractivity contribution in [1.29, 1.82) is 0 Å². The minimum absolute atomic E-state index is 0.0347. The van der Waals surface area contributed by atoms with Crippen LogP contribution in [-0.2, 0) is 0 Å². The lowest BCUT2D eigenvalue weighted by Gasteiger charge is -1.82. The Kier molecular flexibility index (Phi) is 3.48. The zero-order valence-electron chi connectivity index (χ0n) is 8.59. The molecule has 0 aliphatic heterocycles. The second kappa shape index (κ2) is 5.65. The van der Waals surface area contributed by atoms with E-state index >= 15 is 0 Å². The maximum atomic E-state index is 8.73. The van der Waals surface area contributed by atoms with Crippen molar-refractivity contribution in [1.82, 2.24) is 0 Å². The lowest BCUT2D eigenvalue weighted by Crippen LogP contribution is -1.56. The Labute approximate surface area is 84.5 Å². The number of phenolic OH excluding ortho intramolecular Hbond substituents is 2. The highest BCUT2D eigenvalue weighted by Crippen LogP contribution is 2.03. The molecule has 2 aromatic carbocycles. The molecule has 2 nitrogen and oxygen atoms in total. The Bertz CT molecular complexity index is 380. The summed E-state index contributed by atoms with van der Waals surface area (Å²) < 4.78 is 6.97. The summed E-state index contributed by atoms with van der Waals surface area (Å²) >= 11 is 0. The van der Waals surface area contributed by atoms with Gasteiger partial charge in [-0.15, -0.1) is 0 Å². The topological polar surface area (TPSA) is 40.5 Å². The molecule has 0 spiro atoms. The molecule has 2 N–H and O–H groups in total. The standard InChI is InChI=1S/2C6H6O/c2*7-6-4-2-1-3-5-6/h2*1-5,7H/i4D;. The number of hydrogen-bond acceptors (Lipinski definition) is 2. The lowest BCUT2D eigenvalue weighted by molar-refractivity contribution is 0.475. The molecule has 0 atom stereocenters. The Morgan fingerprint density at radius 2 is 1.21 bits per heavy atom. The zero-order chi connectivity index (χ0) is 11.1. The van der Waals surface area contributed by atoms with E-state index in [-0.39, 0.29) is 11.8 Å². The highest BCUT2D eigenvalue weighted by Gasteiger charge is 1.75. The molecule has 0 heterocycles. The molecule has 0 aliphatic carbocycles. The quantitative estimate of drug-likeness (QED) is 0.669. The summed E-state index contributed by atoms with van der Waals surface area (Å²) in [7, 11) is 0. The summed E-state index contributed by atoms with van der Waals surface area (Å²) in [5, 5.41) is 17.4. The third-order valence-electron chi connectivity index (χ3n) is 1.45. The maximum Gasteiger partial charge on any atom is 0.115 e. The Morgan fingerprint density at radius 1 is 0.714 bits per heavy atom. The number of rotatable bonds is 0. The van der Waals surface area contributed by atoms with Gasteiger partial charge in [-0.1, -0.05) is 36.4 Å². The van der Waals surface area contributed by atoms with Crippen LogP contribution in [0.2, 0.25) is 0 Å². The molecule has 0 amide bonds. The van der Waals surface area contributed by atoms with Gasteiger partial charge in [0, 0.05) is 0 Å². The van der Waals surface area contributed by atoms with Gasteiger partial charge in [0.15, 0.2) is 0 Å². The van der Waals surface area contributed by atoms with E-state index in [9.17, 15) is 0 Å². The Balaban J connectivity index is 0.000000151. The van der Waals surface area contributed by atoms with Gasteiger partial charge in [-0.2, -0.15) is 0 Å². The van der Waals surface area contributed by atoms with Crippen LogP contribution in [0.3, 0.4) is 0 Å². The van der Waals surface area contributed by atoms with E-state index in [4.69, 9.17) is 11.6 Å². The summed E-state index contributed by atoms with van der Waals surface area (Å²) in [5.41, 5.74) is 0. The number of phenols is 2. The van der Waals surface area contributed by atoms with Crippen molar-refractivity contribution < 1.29 is 11.6 Å². The fraction of sp³-hybridized carbons (Fsp3) is 0. The van der Waals surface area contributed by atoms with Crippen LogP contribution in [0.25, 0.3) is 0 Å². The van der Waals surface area contributed by atoms with E-state index in [1.165, 1.54) is 12.1 Å². The largest absolute Gasteiger partial charge is 0.508 e. The van der Waals surface area contributed by atoms with Gasteiger partial charge in [0.05, 0.1) is 1.37 Å². The Morgan fingerprint density at radius 3 is 1.57 bits per heavy atom. The molecular formula is C12H12O2. The van der Waals surface area contributed by atoms with Crippen LogP contribution in [0.4, 0.5) is 0 Å². The minimum Gasteiger partial charge on any atom is -0.508 e. The third kappa shape index (κ3) is 4.16. The molecule has 0 aromatic heterocycles. The third-order valence-corrected chi connectivity index (χ3v) is 1.45. The van der Waals surface area contributed by atoms with Gasteiger partial charge in [0.2, 0.25) is 0 Å². The van der Waals surface area contributed by atoms with Crippen molar-refractivity contribution in [3.05, 3.63) is 60.6 Å². The SMILES string of the molecule is Oc1ccccc1.[2H]c1ccccc1O. The zero-order valence-corrected chi connectivity index (χ0v) is 7.59. The monoisotopic (exact) mass is 189 g/mol.